The number of aliphatic carboxylic acids is 1. The average Bonchev–Trinajstić information content (AvgIpc) is 2.50. The molecule has 78 valence electrons. The molecule has 1 unspecified atom stereocenters. The van der Waals surface area contributed by atoms with E-state index in [2.05, 4.69) is 6.92 Å². The van der Waals surface area contributed by atoms with Crippen molar-refractivity contribution in [3.63, 3.8) is 0 Å². The number of carboxylic acids is 1. The number of hydrogen-bond acceptors (Lipinski definition) is 2. The molecule has 1 aromatic heterocycles. The van der Waals surface area contributed by atoms with E-state index >= 15 is 0 Å². The molecular weight excluding hydrogens is 220 g/mol. The van der Waals surface area contributed by atoms with Gasteiger partial charge in [-0.15, -0.1) is 11.3 Å². The molecule has 1 N–H and O–H groups in total. The summed E-state index contributed by atoms with van der Waals surface area (Å²) in [5.74, 6) is -0.622. The average molecular weight is 233 g/mol. The minimum atomic E-state index is -0.743. The third kappa shape index (κ3) is 3.31. The van der Waals surface area contributed by atoms with E-state index in [-0.39, 0.29) is 12.3 Å². The molecule has 2 nitrogen and oxygen atoms in total. The molecule has 0 aromatic carbocycles. The van der Waals surface area contributed by atoms with Crippen molar-refractivity contribution in [2.75, 3.05) is 0 Å². The number of halogens is 1. The predicted octanol–water partition coefficient (Wildman–Crippen LogP) is 3.76. The standard InChI is InChI=1S/C10H13ClO2S/c1-2-3-7(6-10(12)13)8-4-5-9(11)14-8/h4-5,7H,2-3,6H2,1H3,(H,12,13). The van der Waals surface area contributed by atoms with Gasteiger partial charge in [-0.1, -0.05) is 24.9 Å². The van der Waals surface area contributed by atoms with Crippen molar-refractivity contribution in [3.05, 3.63) is 21.3 Å². The molecule has 1 heterocycles. The van der Waals surface area contributed by atoms with Gasteiger partial charge < -0.3 is 5.11 Å². The smallest absolute Gasteiger partial charge is 0.303 e. The summed E-state index contributed by atoms with van der Waals surface area (Å²) in [6.07, 6.45) is 2.10. The molecule has 0 amide bonds. The Labute approximate surface area is 92.5 Å². The van der Waals surface area contributed by atoms with Crippen LogP contribution in [0.4, 0.5) is 0 Å². The topological polar surface area (TPSA) is 37.3 Å². The van der Waals surface area contributed by atoms with Gasteiger partial charge in [-0.3, -0.25) is 4.79 Å². The van der Waals surface area contributed by atoms with E-state index in [0.717, 1.165) is 22.1 Å². The maximum atomic E-state index is 10.6. The first-order valence-corrected chi connectivity index (χ1v) is 5.80. The Morgan fingerprint density at radius 1 is 1.64 bits per heavy atom. The van der Waals surface area contributed by atoms with Gasteiger partial charge >= 0.3 is 5.97 Å². The van der Waals surface area contributed by atoms with Crippen LogP contribution in [0.5, 0.6) is 0 Å². The third-order valence-corrected chi connectivity index (χ3v) is 3.45. The molecule has 0 bridgehead atoms. The monoisotopic (exact) mass is 232 g/mol. The summed E-state index contributed by atoms with van der Waals surface area (Å²) < 4.78 is 0.728. The minimum absolute atomic E-state index is 0.120. The fraction of sp³-hybridized carbons (Fsp3) is 0.500. The number of carbonyl (C=O) groups is 1. The summed E-state index contributed by atoms with van der Waals surface area (Å²) in [5.41, 5.74) is 0. The lowest BCUT2D eigenvalue weighted by molar-refractivity contribution is -0.137. The summed E-state index contributed by atoms with van der Waals surface area (Å²) in [5, 5.41) is 8.75. The summed E-state index contributed by atoms with van der Waals surface area (Å²) in [6.45, 7) is 2.06. The van der Waals surface area contributed by atoms with Crippen molar-refractivity contribution in [1.29, 1.82) is 0 Å². The van der Waals surface area contributed by atoms with Crippen LogP contribution in [0.3, 0.4) is 0 Å². The highest BCUT2D eigenvalue weighted by Gasteiger charge is 2.16. The number of rotatable bonds is 5. The van der Waals surface area contributed by atoms with Crippen LogP contribution in [-0.4, -0.2) is 11.1 Å². The van der Waals surface area contributed by atoms with Crippen LogP contribution in [0, 0.1) is 0 Å². The summed E-state index contributed by atoms with van der Waals surface area (Å²) >= 11 is 7.29. The van der Waals surface area contributed by atoms with Crippen LogP contribution < -0.4 is 0 Å². The Hall–Kier alpha value is -0.540. The molecule has 0 radical (unpaired) electrons. The molecule has 0 aliphatic rings. The van der Waals surface area contributed by atoms with Crippen molar-refractivity contribution in [2.45, 2.75) is 32.1 Å². The molecular formula is C10H13ClO2S. The van der Waals surface area contributed by atoms with Gasteiger partial charge in [0.05, 0.1) is 10.8 Å². The van der Waals surface area contributed by atoms with E-state index in [1.54, 1.807) is 0 Å². The lowest BCUT2D eigenvalue weighted by atomic mass is 9.98. The Balaban J connectivity index is 2.71. The number of thiophene rings is 1. The molecule has 1 rings (SSSR count). The van der Waals surface area contributed by atoms with E-state index in [1.807, 2.05) is 12.1 Å². The molecule has 1 atom stereocenters. The molecule has 0 saturated heterocycles. The highest BCUT2D eigenvalue weighted by molar-refractivity contribution is 7.16. The van der Waals surface area contributed by atoms with E-state index in [0.29, 0.717) is 0 Å². The van der Waals surface area contributed by atoms with Crippen molar-refractivity contribution in [3.8, 4) is 0 Å². The fourth-order valence-corrected chi connectivity index (χ4v) is 2.65. The molecule has 0 fully saturated rings. The Morgan fingerprint density at radius 3 is 2.79 bits per heavy atom. The molecule has 14 heavy (non-hydrogen) atoms. The van der Waals surface area contributed by atoms with Gasteiger partial charge in [0.15, 0.2) is 0 Å². The molecule has 0 spiro atoms. The highest BCUT2D eigenvalue weighted by Crippen LogP contribution is 2.32. The summed E-state index contributed by atoms with van der Waals surface area (Å²) in [7, 11) is 0. The van der Waals surface area contributed by atoms with Crippen molar-refractivity contribution in [1.82, 2.24) is 0 Å². The quantitative estimate of drug-likeness (QED) is 0.839. The molecule has 0 aliphatic carbocycles. The molecule has 4 heteroatoms. The van der Waals surface area contributed by atoms with Crippen LogP contribution in [0.1, 0.15) is 37.0 Å². The predicted molar refractivity (Wildman–Crippen MR) is 59.2 cm³/mol. The number of carboxylic acid groups (broad SMARTS) is 1. The Bertz CT molecular complexity index is 309. The van der Waals surface area contributed by atoms with Gasteiger partial charge in [0.1, 0.15) is 0 Å². The second-order valence-corrected chi connectivity index (χ2v) is 4.97. The highest BCUT2D eigenvalue weighted by atomic mass is 35.5. The maximum Gasteiger partial charge on any atom is 0.303 e. The number of hydrogen-bond donors (Lipinski definition) is 1. The van der Waals surface area contributed by atoms with Crippen LogP contribution in [0.15, 0.2) is 12.1 Å². The Kier molecular flexibility index (Phi) is 4.42. The van der Waals surface area contributed by atoms with Gasteiger partial charge in [-0.25, -0.2) is 0 Å². The first-order valence-electron chi connectivity index (χ1n) is 4.60. The third-order valence-electron chi connectivity index (χ3n) is 2.05. The second kappa shape index (κ2) is 5.37. The van der Waals surface area contributed by atoms with E-state index in [1.165, 1.54) is 11.3 Å². The van der Waals surface area contributed by atoms with Crippen LogP contribution in [0.2, 0.25) is 4.34 Å². The molecule has 0 saturated carbocycles. The Morgan fingerprint density at radius 2 is 2.36 bits per heavy atom. The maximum absolute atomic E-state index is 10.6. The largest absolute Gasteiger partial charge is 0.481 e. The van der Waals surface area contributed by atoms with Crippen molar-refractivity contribution in [2.24, 2.45) is 0 Å². The zero-order chi connectivity index (χ0) is 10.6. The van der Waals surface area contributed by atoms with Crippen LogP contribution >= 0.6 is 22.9 Å². The van der Waals surface area contributed by atoms with E-state index < -0.39 is 5.97 Å². The first kappa shape index (κ1) is 11.5. The lowest BCUT2D eigenvalue weighted by Crippen LogP contribution is -2.04. The van der Waals surface area contributed by atoms with Crippen LogP contribution in [0.25, 0.3) is 0 Å². The minimum Gasteiger partial charge on any atom is -0.481 e. The molecule has 0 aliphatic heterocycles. The summed E-state index contributed by atoms with van der Waals surface area (Å²) in [4.78, 5) is 11.7. The summed E-state index contributed by atoms with van der Waals surface area (Å²) in [6, 6.07) is 3.75. The van der Waals surface area contributed by atoms with Crippen molar-refractivity contribution >= 4 is 28.9 Å². The fourth-order valence-electron chi connectivity index (χ4n) is 1.45. The second-order valence-electron chi connectivity index (χ2n) is 3.23. The normalized spacial score (nSPS) is 12.7. The van der Waals surface area contributed by atoms with Crippen LogP contribution in [-0.2, 0) is 4.79 Å². The van der Waals surface area contributed by atoms with Gasteiger partial charge in [0.2, 0.25) is 0 Å². The van der Waals surface area contributed by atoms with Gasteiger partial charge in [-0.05, 0) is 18.6 Å². The molecule has 1 aromatic rings. The zero-order valence-electron chi connectivity index (χ0n) is 8.00. The van der Waals surface area contributed by atoms with Gasteiger partial charge in [0.25, 0.3) is 0 Å². The van der Waals surface area contributed by atoms with E-state index in [9.17, 15) is 4.79 Å². The zero-order valence-corrected chi connectivity index (χ0v) is 9.57. The van der Waals surface area contributed by atoms with Gasteiger partial charge in [-0.2, -0.15) is 0 Å². The SMILES string of the molecule is CCCC(CC(=O)O)c1ccc(Cl)s1. The lowest BCUT2D eigenvalue weighted by Gasteiger charge is -2.10. The van der Waals surface area contributed by atoms with E-state index in [4.69, 9.17) is 16.7 Å². The van der Waals surface area contributed by atoms with Crippen molar-refractivity contribution < 1.29 is 9.90 Å². The van der Waals surface area contributed by atoms with Gasteiger partial charge in [0, 0.05) is 10.8 Å². The first-order chi connectivity index (χ1) is 6.63.